The molecule has 0 saturated carbocycles. The molecular formula is C21H24N4O3S. The smallest absolute Gasteiger partial charge is 0.247 e. The lowest BCUT2D eigenvalue weighted by Gasteiger charge is -2.29. The average molecular weight is 413 g/mol. The van der Waals surface area contributed by atoms with Crippen LogP contribution >= 0.6 is 0 Å². The van der Waals surface area contributed by atoms with Crippen LogP contribution in [0.4, 0.5) is 5.69 Å². The van der Waals surface area contributed by atoms with E-state index in [1.54, 1.807) is 0 Å². The molecule has 4 rings (SSSR count). The van der Waals surface area contributed by atoms with E-state index in [2.05, 4.69) is 15.5 Å². The minimum atomic E-state index is -3.19. The van der Waals surface area contributed by atoms with Crippen molar-refractivity contribution in [1.82, 2.24) is 14.5 Å². The molecule has 0 bridgehead atoms. The summed E-state index contributed by atoms with van der Waals surface area (Å²) in [6.07, 6.45) is 1.92. The highest BCUT2D eigenvalue weighted by atomic mass is 32.2. The van der Waals surface area contributed by atoms with E-state index in [9.17, 15) is 8.42 Å². The molecule has 8 heteroatoms. The fraction of sp³-hybridized carbons (Fsp3) is 0.333. The van der Waals surface area contributed by atoms with Gasteiger partial charge in [-0.1, -0.05) is 29.8 Å². The quantitative estimate of drug-likeness (QED) is 0.690. The number of hydrogen-bond donors (Lipinski definition) is 1. The van der Waals surface area contributed by atoms with Crippen molar-refractivity contribution >= 4 is 15.7 Å². The number of nitrogens with one attached hydrogen (secondary N) is 1. The van der Waals surface area contributed by atoms with Crippen molar-refractivity contribution in [3.63, 3.8) is 0 Å². The van der Waals surface area contributed by atoms with E-state index in [1.165, 1.54) is 16.1 Å². The highest BCUT2D eigenvalue weighted by Crippen LogP contribution is 2.30. The van der Waals surface area contributed by atoms with Gasteiger partial charge in [-0.25, -0.2) is 8.42 Å². The number of anilines is 1. The van der Waals surface area contributed by atoms with Crippen molar-refractivity contribution in [3.8, 4) is 11.5 Å². The van der Waals surface area contributed by atoms with Crippen LogP contribution in [0.15, 0.2) is 46.9 Å². The number of aromatic nitrogens is 2. The second-order valence-electron chi connectivity index (χ2n) is 7.47. The predicted molar refractivity (Wildman–Crippen MR) is 112 cm³/mol. The summed E-state index contributed by atoms with van der Waals surface area (Å²) >= 11 is 0. The number of fused-ring (bicyclic) bond motifs is 1. The molecule has 0 fully saturated rings. The van der Waals surface area contributed by atoms with Gasteiger partial charge in [0.1, 0.15) is 6.04 Å². The van der Waals surface area contributed by atoms with Gasteiger partial charge in [-0.15, -0.1) is 10.2 Å². The molecule has 0 saturated heterocycles. The Labute approximate surface area is 170 Å². The zero-order chi connectivity index (χ0) is 20.6. The summed E-state index contributed by atoms with van der Waals surface area (Å²) in [5.41, 5.74) is 5.19. The van der Waals surface area contributed by atoms with Crippen LogP contribution in [0.2, 0.25) is 0 Å². The predicted octanol–water partition coefficient (Wildman–Crippen LogP) is 3.54. The molecule has 1 atom stereocenters. The SMILES string of the molecule is Cc1ccc(-c2nnc(C(C)Nc3cccc4c3CCN(S(C)(=O)=O)C4)o2)cc1. The van der Waals surface area contributed by atoms with Gasteiger partial charge in [0.25, 0.3) is 0 Å². The zero-order valence-corrected chi connectivity index (χ0v) is 17.5. The lowest BCUT2D eigenvalue weighted by Crippen LogP contribution is -2.35. The molecule has 1 aromatic heterocycles. The lowest BCUT2D eigenvalue weighted by atomic mass is 9.98. The van der Waals surface area contributed by atoms with E-state index in [1.807, 2.05) is 56.3 Å². The molecule has 29 heavy (non-hydrogen) atoms. The van der Waals surface area contributed by atoms with Crippen molar-refractivity contribution in [2.45, 2.75) is 32.9 Å². The Morgan fingerprint density at radius 1 is 1.14 bits per heavy atom. The van der Waals surface area contributed by atoms with E-state index >= 15 is 0 Å². The number of aryl methyl sites for hydroxylation is 1. The molecule has 0 radical (unpaired) electrons. The van der Waals surface area contributed by atoms with Gasteiger partial charge in [0.05, 0.1) is 6.26 Å². The third kappa shape index (κ3) is 4.18. The lowest BCUT2D eigenvalue weighted by molar-refractivity contribution is 0.395. The third-order valence-corrected chi connectivity index (χ3v) is 6.43. The molecule has 2 heterocycles. The molecule has 2 aromatic carbocycles. The average Bonchev–Trinajstić information content (AvgIpc) is 3.18. The van der Waals surface area contributed by atoms with E-state index < -0.39 is 10.0 Å². The topological polar surface area (TPSA) is 88.3 Å². The van der Waals surface area contributed by atoms with Crippen LogP contribution in [0.25, 0.3) is 11.5 Å². The van der Waals surface area contributed by atoms with Crippen LogP contribution < -0.4 is 5.32 Å². The molecule has 1 aliphatic heterocycles. The highest BCUT2D eigenvalue weighted by molar-refractivity contribution is 7.88. The first-order valence-electron chi connectivity index (χ1n) is 9.54. The first kappa shape index (κ1) is 19.6. The van der Waals surface area contributed by atoms with E-state index in [0.717, 1.165) is 22.4 Å². The van der Waals surface area contributed by atoms with Gasteiger partial charge < -0.3 is 9.73 Å². The molecule has 1 unspecified atom stereocenters. The van der Waals surface area contributed by atoms with Crippen molar-refractivity contribution in [2.24, 2.45) is 0 Å². The Hall–Kier alpha value is -2.71. The first-order valence-corrected chi connectivity index (χ1v) is 11.4. The maximum absolute atomic E-state index is 11.9. The van der Waals surface area contributed by atoms with Crippen LogP contribution in [-0.2, 0) is 23.0 Å². The normalized spacial score (nSPS) is 15.7. The zero-order valence-electron chi connectivity index (χ0n) is 16.7. The van der Waals surface area contributed by atoms with Gasteiger partial charge in [0.2, 0.25) is 21.8 Å². The number of rotatable bonds is 5. The van der Waals surface area contributed by atoms with Crippen LogP contribution in [0.3, 0.4) is 0 Å². The van der Waals surface area contributed by atoms with Gasteiger partial charge >= 0.3 is 0 Å². The third-order valence-electron chi connectivity index (χ3n) is 5.18. The highest BCUT2D eigenvalue weighted by Gasteiger charge is 2.25. The second kappa shape index (κ2) is 7.61. The second-order valence-corrected chi connectivity index (χ2v) is 9.45. The van der Waals surface area contributed by atoms with Gasteiger partial charge in [0.15, 0.2) is 0 Å². The number of sulfonamides is 1. The number of nitrogens with zero attached hydrogens (tertiary/aromatic N) is 3. The van der Waals surface area contributed by atoms with E-state index in [4.69, 9.17) is 4.42 Å². The summed E-state index contributed by atoms with van der Waals surface area (Å²) in [5, 5.41) is 11.8. The van der Waals surface area contributed by atoms with E-state index in [-0.39, 0.29) is 6.04 Å². The Kier molecular flexibility index (Phi) is 5.14. The Morgan fingerprint density at radius 3 is 2.62 bits per heavy atom. The van der Waals surface area contributed by atoms with Crippen LogP contribution in [0.5, 0.6) is 0 Å². The monoisotopic (exact) mass is 412 g/mol. The summed E-state index contributed by atoms with van der Waals surface area (Å²) in [6, 6.07) is 13.7. The summed E-state index contributed by atoms with van der Waals surface area (Å²) in [7, 11) is -3.19. The van der Waals surface area contributed by atoms with Gasteiger partial charge in [-0.2, -0.15) is 4.31 Å². The number of benzene rings is 2. The molecule has 0 amide bonds. The van der Waals surface area contributed by atoms with Crippen molar-refractivity contribution < 1.29 is 12.8 Å². The van der Waals surface area contributed by atoms with Crippen molar-refractivity contribution in [1.29, 1.82) is 0 Å². The standard InChI is InChI=1S/C21H24N4O3S/c1-14-7-9-16(10-8-14)21-24-23-20(28-21)15(2)22-19-6-4-5-17-13-25(29(3,26)27)12-11-18(17)19/h4-10,15,22H,11-13H2,1-3H3. The molecule has 152 valence electrons. The maximum Gasteiger partial charge on any atom is 0.247 e. The number of hydrogen-bond acceptors (Lipinski definition) is 6. The van der Waals surface area contributed by atoms with Gasteiger partial charge in [-0.3, -0.25) is 0 Å². The van der Waals surface area contributed by atoms with Crippen molar-refractivity contribution in [3.05, 3.63) is 65.0 Å². The fourth-order valence-electron chi connectivity index (χ4n) is 3.52. The van der Waals surface area contributed by atoms with Gasteiger partial charge in [0, 0.05) is 24.3 Å². The largest absolute Gasteiger partial charge is 0.418 e. The molecule has 0 aliphatic carbocycles. The molecule has 1 aliphatic rings. The minimum absolute atomic E-state index is 0.180. The van der Waals surface area contributed by atoms with Gasteiger partial charge in [-0.05, 0) is 49.6 Å². The Balaban J connectivity index is 1.53. The Morgan fingerprint density at radius 2 is 1.90 bits per heavy atom. The maximum atomic E-state index is 11.9. The van der Waals surface area contributed by atoms with Crippen LogP contribution in [-0.4, -0.2) is 35.7 Å². The van der Waals surface area contributed by atoms with E-state index in [0.29, 0.717) is 31.3 Å². The summed E-state index contributed by atoms with van der Waals surface area (Å²) < 4.78 is 31.1. The summed E-state index contributed by atoms with van der Waals surface area (Å²) in [4.78, 5) is 0. The molecular weight excluding hydrogens is 388 g/mol. The molecule has 3 aromatic rings. The summed E-state index contributed by atoms with van der Waals surface area (Å²) in [6.45, 7) is 4.88. The molecule has 1 N–H and O–H groups in total. The van der Waals surface area contributed by atoms with Crippen LogP contribution in [0.1, 0.15) is 35.5 Å². The first-order chi connectivity index (χ1) is 13.8. The Bertz CT molecular complexity index is 1120. The fourth-order valence-corrected chi connectivity index (χ4v) is 4.32. The minimum Gasteiger partial charge on any atom is -0.418 e. The summed E-state index contributed by atoms with van der Waals surface area (Å²) in [5.74, 6) is 0.999. The molecule has 0 spiro atoms. The van der Waals surface area contributed by atoms with Crippen LogP contribution in [0, 0.1) is 6.92 Å². The van der Waals surface area contributed by atoms with Crippen molar-refractivity contribution in [2.75, 3.05) is 18.1 Å². The molecule has 7 nitrogen and oxygen atoms in total.